The van der Waals surface area contributed by atoms with E-state index in [1.807, 2.05) is 30.3 Å². The first-order valence-corrected chi connectivity index (χ1v) is 10.4. The Kier molecular flexibility index (Phi) is 4.85. The lowest BCUT2D eigenvalue weighted by Crippen LogP contribution is -2.34. The first kappa shape index (κ1) is 18.8. The standard InChI is InChI=1S/C21H18N2O5S/c1-14-21(24)22-19-13-18(11-12-20(19)27-14)29(25,26)23-15-7-9-17(10-8-15)28-16-5-3-2-4-6-16/h2-14,23H,1H3,(H,22,24). The summed E-state index contributed by atoms with van der Waals surface area (Å²) < 4.78 is 39.1. The molecule has 3 aromatic carbocycles. The number of carbonyl (C=O) groups excluding carboxylic acids is 1. The largest absolute Gasteiger partial charge is 0.479 e. The minimum Gasteiger partial charge on any atom is -0.479 e. The molecule has 1 heterocycles. The van der Waals surface area contributed by atoms with Crippen molar-refractivity contribution in [2.45, 2.75) is 17.9 Å². The Morgan fingerprint density at radius 2 is 1.66 bits per heavy atom. The second-order valence-electron chi connectivity index (χ2n) is 6.45. The number of ether oxygens (including phenoxy) is 2. The molecule has 2 N–H and O–H groups in total. The molecule has 1 amide bonds. The van der Waals surface area contributed by atoms with Crippen LogP contribution in [0.4, 0.5) is 11.4 Å². The molecule has 3 aromatic rings. The van der Waals surface area contributed by atoms with Crippen LogP contribution in [0.1, 0.15) is 6.92 Å². The van der Waals surface area contributed by atoms with E-state index in [2.05, 4.69) is 10.0 Å². The summed E-state index contributed by atoms with van der Waals surface area (Å²) in [5.41, 5.74) is 0.708. The Labute approximate surface area is 168 Å². The highest BCUT2D eigenvalue weighted by Gasteiger charge is 2.25. The number of para-hydroxylation sites is 1. The van der Waals surface area contributed by atoms with Crippen molar-refractivity contribution in [1.82, 2.24) is 0 Å². The lowest BCUT2D eigenvalue weighted by atomic mass is 10.2. The van der Waals surface area contributed by atoms with Crippen LogP contribution in [-0.4, -0.2) is 20.4 Å². The van der Waals surface area contributed by atoms with Crippen molar-refractivity contribution in [2.24, 2.45) is 0 Å². The molecule has 1 unspecified atom stereocenters. The van der Waals surface area contributed by atoms with Gasteiger partial charge in [0.1, 0.15) is 17.2 Å². The number of carbonyl (C=O) groups is 1. The number of sulfonamides is 1. The molecule has 8 heteroatoms. The summed E-state index contributed by atoms with van der Waals surface area (Å²) in [6.07, 6.45) is -0.625. The maximum Gasteiger partial charge on any atom is 0.265 e. The summed E-state index contributed by atoms with van der Waals surface area (Å²) in [7, 11) is -3.85. The van der Waals surface area contributed by atoms with Crippen molar-refractivity contribution in [3.63, 3.8) is 0 Å². The first-order valence-electron chi connectivity index (χ1n) is 8.88. The van der Waals surface area contributed by atoms with Gasteiger partial charge in [0.2, 0.25) is 0 Å². The summed E-state index contributed by atoms with van der Waals surface area (Å²) in [6.45, 7) is 1.62. The molecule has 0 radical (unpaired) electrons. The molecule has 0 saturated carbocycles. The molecule has 1 aliphatic rings. The van der Waals surface area contributed by atoms with E-state index in [1.54, 1.807) is 31.2 Å². The van der Waals surface area contributed by atoms with Crippen molar-refractivity contribution < 1.29 is 22.7 Å². The summed E-state index contributed by atoms with van der Waals surface area (Å²) >= 11 is 0. The van der Waals surface area contributed by atoms with E-state index in [9.17, 15) is 13.2 Å². The van der Waals surface area contributed by atoms with Crippen molar-refractivity contribution >= 4 is 27.3 Å². The normalized spacial score (nSPS) is 15.6. The zero-order chi connectivity index (χ0) is 20.4. The summed E-state index contributed by atoms with van der Waals surface area (Å²) in [5.74, 6) is 1.38. The van der Waals surface area contributed by atoms with Gasteiger partial charge in [0.25, 0.3) is 15.9 Å². The third kappa shape index (κ3) is 4.17. The third-order valence-electron chi connectivity index (χ3n) is 4.28. The highest BCUT2D eigenvalue weighted by atomic mass is 32.2. The Morgan fingerprint density at radius 3 is 2.38 bits per heavy atom. The molecule has 0 bridgehead atoms. The van der Waals surface area contributed by atoms with E-state index in [1.165, 1.54) is 18.2 Å². The first-order chi connectivity index (χ1) is 13.9. The van der Waals surface area contributed by atoms with Gasteiger partial charge >= 0.3 is 0 Å². The molecule has 29 heavy (non-hydrogen) atoms. The van der Waals surface area contributed by atoms with Crippen LogP contribution in [-0.2, 0) is 14.8 Å². The molecule has 0 fully saturated rings. The zero-order valence-corrected chi connectivity index (χ0v) is 16.3. The number of nitrogens with one attached hydrogen (secondary N) is 2. The van der Waals surface area contributed by atoms with Crippen LogP contribution >= 0.6 is 0 Å². The van der Waals surface area contributed by atoms with Gasteiger partial charge in [-0.05, 0) is 61.5 Å². The number of fused-ring (bicyclic) bond motifs is 1. The Morgan fingerprint density at radius 1 is 0.966 bits per heavy atom. The van der Waals surface area contributed by atoms with E-state index in [0.717, 1.165) is 0 Å². The molecule has 7 nitrogen and oxygen atoms in total. The minimum atomic E-state index is -3.85. The van der Waals surface area contributed by atoms with E-state index < -0.39 is 16.1 Å². The van der Waals surface area contributed by atoms with Crippen LogP contribution in [0, 0.1) is 0 Å². The second-order valence-corrected chi connectivity index (χ2v) is 8.13. The SMILES string of the molecule is CC1Oc2ccc(S(=O)(=O)Nc3ccc(Oc4ccccc4)cc3)cc2NC1=O. The molecular weight excluding hydrogens is 392 g/mol. The van der Waals surface area contributed by atoms with Crippen LogP contribution < -0.4 is 19.5 Å². The summed E-state index contributed by atoms with van der Waals surface area (Å²) in [6, 6.07) is 20.2. The predicted octanol–water partition coefficient (Wildman–Crippen LogP) is 4.00. The van der Waals surface area contributed by atoms with Crippen LogP contribution in [0.15, 0.2) is 77.7 Å². The van der Waals surface area contributed by atoms with Crippen LogP contribution in [0.3, 0.4) is 0 Å². The minimum absolute atomic E-state index is 0.0133. The summed E-state index contributed by atoms with van der Waals surface area (Å²) in [4.78, 5) is 11.8. The Bertz CT molecular complexity index is 1150. The van der Waals surface area contributed by atoms with Crippen molar-refractivity contribution in [3.8, 4) is 17.2 Å². The predicted molar refractivity (Wildman–Crippen MR) is 109 cm³/mol. The molecule has 4 rings (SSSR count). The highest BCUT2D eigenvalue weighted by molar-refractivity contribution is 7.92. The van der Waals surface area contributed by atoms with Gasteiger partial charge in [-0.3, -0.25) is 9.52 Å². The average molecular weight is 410 g/mol. The molecule has 0 aromatic heterocycles. The number of hydrogen-bond donors (Lipinski definition) is 2. The fourth-order valence-corrected chi connectivity index (χ4v) is 3.87. The zero-order valence-electron chi connectivity index (χ0n) is 15.5. The number of rotatable bonds is 5. The molecule has 0 aliphatic carbocycles. The van der Waals surface area contributed by atoms with Crippen molar-refractivity contribution in [3.05, 3.63) is 72.8 Å². The smallest absolute Gasteiger partial charge is 0.265 e. The quantitative estimate of drug-likeness (QED) is 0.663. The fourth-order valence-electron chi connectivity index (χ4n) is 2.78. The van der Waals surface area contributed by atoms with Gasteiger partial charge in [-0.2, -0.15) is 0 Å². The van der Waals surface area contributed by atoms with Gasteiger partial charge in [-0.25, -0.2) is 8.42 Å². The molecular formula is C21H18N2O5S. The van der Waals surface area contributed by atoms with Crippen LogP contribution in [0.25, 0.3) is 0 Å². The van der Waals surface area contributed by atoms with Gasteiger partial charge in [0, 0.05) is 5.69 Å². The third-order valence-corrected chi connectivity index (χ3v) is 5.66. The van der Waals surface area contributed by atoms with Gasteiger partial charge < -0.3 is 14.8 Å². The average Bonchev–Trinajstić information content (AvgIpc) is 2.70. The topological polar surface area (TPSA) is 93.7 Å². The summed E-state index contributed by atoms with van der Waals surface area (Å²) in [5, 5.41) is 2.64. The lowest BCUT2D eigenvalue weighted by molar-refractivity contribution is -0.122. The van der Waals surface area contributed by atoms with Crippen LogP contribution in [0.2, 0.25) is 0 Å². The number of amides is 1. The molecule has 148 valence electrons. The van der Waals surface area contributed by atoms with E-state index >= 15 is 0 Å². The highest BCUT2D eigenvalue weighted by Crippen LogP contribution is 2.32. The van der Waals surface area contributed by atoms with Crippen molar-refractivity contribution in [2.75, 3.05) is 10.0 Å². The Balaban J connectivity index is 1.50. The second kappa shape index (κ2) is 7.48. The molecule has 1 aliphatic heterocycles. The molecule has 0 saturated heterocycles. The molecule has 1 atom stereocenters. The van der Waals surface area contributed by atoms with Crippen molar-refractivity contribution in [1.29, 1.82) is 0 Å². The maximum absolute atomic E-state index is 12.7. The van der Waals surface area contributed by atoms with E-state index in [0.29, 0.717) is 28.6 Å². The van der Waals surface area contributed by atoms with Gasteiger partial charge in [-0.15, -0.1) is 0 Å². The number of benzene rings is 3. The molecule has 0 spiro atoms. The fraction of sp³-hybridized carbons (Fsp3) is 0.0952. The Hall–Kier alpha value is -3.52. The maximum atomic E-state index is 12.7. The number of hydrogen-bond acceptors (Lipinski definition) is 5. The monoisotopic (exact) mass is 410 g/mol. The van der Waals surface area contributed by atoms with Gasteiger partial charge in [-0.1, -0.05) is 18.2 Å². The van der Waals surface area contributed by atoms with Crippen LogP contribution in [0.5, 0.6) is 17.2 Å². The van der Waals surface area contributed by atoms with E-state index in [4.69, 9.17) is 9.47 Å². The van der Waals surface area contributed by atoms with E-state index in [-0.39, 0.29) is 10.8 Å². The van der Waals surface area contributed by atoms with Gasteiger partial charge in [0.15, 0.2) is 6.10 Å². The van der Waals surface area contributed by atoms with Gasteiger partial charge in [0.05, 0.1) is 10.6 Å². The number of anilines is 2. The lowest BCUT2D eigenvalue weighted by Gasteiger charge is -2.23.